The van der Waals surface area contributed by atoms with Crippen LogP contribution in [0, 0.1) is 24.4 Å². The maximum absolute atomic E-state index is 14.6. The standard InChI is InChI=1S/C30H30F3N5O4S/c1-20-28(35-14-16-36(17-15-35)43(41,42)27-13-6-5-10-25(27)33)29(39)38(19-26(34)21-8-3-2-4-9-21)30(40)37(20)18-22-23(31)11-7-12-24(22)32/h2-13,26H,14-19,34H2,1H3/t26-/m1/s1. The molecule has 3 aromatic carbocycles. The van der Waals surface area contributed by atoms with Crippen molar-refractivity contribution in [1.29, 1.82) is 0 Å². The lowest BCUT2D eigenvalue weighted by atomic mass is 10.1. The molecule has 1 aliphatic rings. The molecule has 1 atom stereocenters. The van der Waals surface area contributed by atoms with Gasteiger partial charge in [0.2, 0.25) is 10.0 Å². The number of nitrogens with zero attached hydrogens (tertiary/aromatic N) is 4. The van der Waals surface area contributed by atoms with E-state index >= 15 is 0 Å². The van der Waals surface area contributed by atoms with Gasteiger partial charge in [0.15, 0.2) is 0 Å². The molecule has 0 amide bonds. The Morgan fingerprint density at radius 3 is 2.00 bits per heavy atom. The molecule has 2 N–H and O–H groups in total. The van der Waals surface area contributed by atoms with Gasteiger partial charge in [-0.25, -0.2) is 26.4 Å². The van der Waals surface area contributed by atoms with Gasteiger partial charge in [-0.1, -0.05) is 48.5 Å². The zero-order valence-electron chi connectivity index (χ0n) is 23.3. The molecule has 4 aromatic rings. The summed E-state index contributed by atoms with van der Waals surface area (Å²) in [6.07, 6.45) is 0. The summed E-state index contributed by atoms with van der Waals surface area (Å²) >= 11 is 0. The van der Waals surface area contributed by atoms with Crippen molar-refractivity contribution in [1.82, 2.24) is 13.4 Å². The van der Waals surface area contributed by atoms with E-state index < -0.39 is 56.2 Å². The van der Waals surface area contributed by atoms with Gasteiger partial charge in [0, 0.05) is 43.5 Å². The largest absolute Gasteiger partial charge is 0.363 e. The van der Waals surface area contributed by atoms with E-state index in [9.17, 15) is 31.2 Å². The number of hydrogen-bond donors (Lipinski definition) is 1. The normalized spacial score (nSPS) is 15.0. The van der Waals surface area contributed by atoms with Crippen LogP contribution >= 0.6 is 0 Å². The van der Waals surface area contributed by atoms with Crippen LogP contribution in [0.3, 0.4) is 0 Å². The Kier molecular flexibility index (Phi) is 8.58. The maximum Gasteiger partial charge on any atom is 0.331 e. The summed E-state index contributed by atoms with van der Waals surface area (Å²) < 4.78 is 73.1. The molecule has 9 nitrogen and oxygen atoms in total. The molecule has 0 saturated carbocycles. The molecule has 1 aromatic heterocycles. The first-order valence-electron chi connectivity index (χ1n) is 13.6. The zero-order chi connectivity index (χ0) is 30.9. The van der Waals surface area contributed by atoms with Crippen LogP contribution in [0.2, 0.25) is 0 Å². The number of benzene rings is 3. The Hall–Kier alpha value is -4.20. The van der Waals surface area contributed by atoms with Gasteiger partial charge in [-0.05, 0) is 36.8 Å². The SMILES string of the molecule is Cc1c(N2CCN(S(=O)(=O)c3ccccc3F)CC2)c(=O)n(C[C@@H](N)c2ccccc2)c(=O)n1Cc1c(F)cccc1F. The molecule has 1 saturated heterocycles. The molecule has 0 bridgehead atoms. The average Bonchev–Trinajstić information content (AvgIpc) is 2.99. The van der Waals surface area contributed by atoms with Crippen LogP contribution in [0.25, 0.3) is 0 Å². The van der Waals surface area contributed by atoms with Crippen molar-refractivity contribution in [3.8, 4) is 0 Å². The minimum Gasteiger partial charge on any atom is -0.363 e. The van der Waals surface area contributed by atoms with Gasteiger partial charge >= 0.3 is 5.69 Å². The third kappa shape index (κ3) is 5.88. The first-order valence-corrected chi connectivity index (χ1v) is 15.0. The van der Waals surface area contributed by atoms with Crippen LogP contribution in [0.1, 0.15) is 22.9 Å². The lowest BCUT2D eigenvalue weighted by molar-refractivity contribution is 0.380. The van der Waals surface area contributed by atoms with Gasteiger partial charge in [-0.15, -0.1) is 0 Å². The molecule has 1 fully saturated rings. The Morgan fingerprint density at radius 1 is 0.791 bits per heavy atom. The zero-order valence-corrected chi connectivity index (χ0v) is 24.1. The minimum absolute atomic E-state index is 0.0424. The summed E-state index contributed by atoms with van der Waals surface area (Å²) in [5.74, 6) is -2.57. The quantitative estimate of drug-likeness (QED) is 0.327. The Balaban J connectivity index is 1.54. The van der Waals surface area contributed by atoms with Gasteiger partial charge in [0.1, 0.15) is 28.0 Å². The first kappa shape index (κ1) is 30.3. The lowest BCUT2D eigenvalue weighted by Crippen LogP contribution is -2.52. The van der Waals surface area contributed by atoms with Crippen molar-refractivity contribution in [3.63, 3.8) is 0 Å². The first-order chi connectivity index (χ1) is 20.5. The molecular formula is C30H30F3N5O4S. The summed E-state index contributed by atoms with van der Waals surface area (Å²) in [6, 6.07) is 16.6. The van der Waals surface area contributed by atoms with E-state index in [0.717, 1.165) is 31.6 Å². The van der Waals surface area contributed by atoms with Crippen LogP contribution in [0.4, 0.5) is 18.9 Å². The predicted octanol–water partition coefficient (Wildman–Crippen LogP) is 2.99. The molecule has 0 aliphatic carbocycles. The van der Waals surface area contributed by atoms with Crippen LogP contribution in [-0.2, 0) is 23.1 Å². The number of rotatable bonds is 8. The Labute approximate surface area is 246 Å². The van der Waals surface area contributed by atoms with Gasteiger partial charge in [0.25, 0.3) is 5.56 Å². The molecular weight excluding hydrogens is 583 g/mol. The smallest absolute Gasteiger partial charge is 0.331 e. The topological polar surface area (TPSA) is 111 Å². The van der Waals surface area contributed by atoms with E-state index in [2.05, 4.69) is 0 Å². The highest BCUT2D eigenvalue weighted by Crippen LogP contribution is 2.24. The van der Waals surface area contributed by atoms with Crippen LogP contribution in [-0.4, -0.2) is 48.0 Å². The number of aromatic nitrogens is 2. The van der Waals surface area contributed by atoms with E-state index in [4.69, 9.17) is 5.73 Å². The van der Waals surface area contributed by atoms with Crippen molar-refractivity contribution in [3.05, 3.63) is 128 Å². The molecule has 2 heterocycles. The number of sulfonamides is 1. The van der Waals surface area contributed by atoms with Gasteiger partial charge in [-0.3, -0.25) is 13.9 Å². The maximum atomic E-state index is 14.6. The number of piperazine rings is 1. The summed E-state index contributed by atoms with van der Waals surface area (Å²) in [6.45, 7) is 0.748. The van der Waals surface area contributed by atoms with Crippen molar-refractivity contribution >= 4 is 15.7 Å². The van der Waals surface area contributed by atoms with E-state index in [1.807, 2.05) is 0 Å². The summed E-state index contributed by atoms with van der Waals surface area (Å²) in [4.78, 5) is 28.8. The number of halogens is 3. The second-order valence-electron chi connectivity index (χ2n) is 10.3. The number of anilines is 1. The molecule has 5 rings (SSSR count). The van der Waals surface area contributed by atoms with E-state index in [0.29, 0.717) is 5.56 Å². The van der Waals surface area contributed by atoms with Crippen molar-refractivity contribution < 1.29 is 21.6 Å². The van der Waals surface area contributed by atoms with Crippen LogP contribution in [0.5, 0.6) is 0 Å². The highest BCUT2D eigenvalue weighted by atomic mass is 32.2. The number of nitrogens with two attached hydrogens (primary N) is 1. The summed E-state index contributed by atoms with van der Waals surface area (Å²) in [5.41, 5.74) is 5.49. The third-order valence-electron chi connectivity index (χ3n) is 7.65. The average molecular weight is 614 g/mol. The van der Waals surface area contributed by atoms with E-state index in [1.54, 1.807) is 35.2 Å². The van der Waals surface area contributed by atoms with Crippen molar-refractivity contribution in [2.45, 2.75) is 31.0 Å². The number of hydrogen-bond acceptors (Lipinski definition) is 6. The van der Waals surface area contributed by atoms with Gasteiger partial charge in [-0.2, -0.15) is 4.31 Å². The fourth-order valence-corrected chi connectivity index (χ4v) is 6.77. The van der Waals surface area contributed by atoms with Gasteiger partial charge < -0.3 is 10.6 Å². The highest BCUT2D eigenvalue weighted by Gasteiger charge is 2.33. The molecule has 0 spiro atoms. The third-order valence-corrected chi connectivity index (χ3v) is 9.58. The predicted molar refractivity (Wildman–Crippen MR) is 156 cm³/mol. The highest BCUT2D eigenvalue weighted by molar-refractivity contribution is 7.89. The second-order valence-corrected chi connectivity index (χ2v) is 12.2. The molecule has 0 unspecified atom stereocenters. The monoisotopic (exact) mass is 613 g/mol. The Morgan fingerprint density at radius 2 is 1.37 bits per heavy atom. The minimum atomic E-state index is -4.15. The van der Waals surface area contributed by atoms with Gasteiger partial charge in [0.05, 0.1) is 13.1 Å². The molecule has 1 aliphatic heterocycles. The molecule has 43 heavy (non-hydrogen) atoms. The molecule has 226 valence electrons. The van der Waals surface area contributed by atoms with Crippen LogP contribution < -0.4 is 21.9 Å². The van der Waals surface area contributed by atoms with E-state index in [1.165, 1.54) is 31.2 Å². The summed E-state index contributed by atoms with van der Waals surface area (Å²) in [5, 5.41) is 0. The molecule has 13 heteroatoms. The Bertz CT molecular complexity index is 1850. The lowest BCUT2D eigenvalue weighted by Gasteiger charge is -2.36. The van der Waals surface area contributed by atoms with Crippen molar-refractivity contribution in [2.24, 2.45) is 5.73 Å². The van der Waals surface area contributed by atoms with Crippen molar-refractivity contribution in [2.75, 3.05) is 31.1 Å². The fraction of sp³-hybridized carbons (Fsp3) is 0.267. The fourth-order valence-electron chi connectivity index (χ4n) is 5.29. The molecule has 0 radical (unpaired) electrons. The van der Waals surface area contributed by atoms with E-state index in [-0.39, 0.29) is 49.7 Å². The second kappa shape index (κ2) is 12.2. The van der Waals surface area contributed by atoms with Crippen LogP contribution in [0.15, 0.2) is 87.3 Å². The summed E-state index contributed by atoms with van der Waals surface area (Å²) in [7, 11) is -4.15.